The summed E-state index contributed by atoms with van der Waals surface area (Å²) in [5.41, 5.74) is 1.07. The molecule has 0 atom stereocenters. The fourth-order valence-electron chi connectivity index (χ4n) is 1.67. The maximum Gasteiger partial charge on any atom is 0.116 e. The molecule has 0 amide bonds. The molecule has 2 nitrogen and oxygen atoms in total. The summed E-state index contributed by atoms with van der Waals surface area (Å²) in [4.78, 5) is 8.34. The van der Waals surface area contributed by atoms with Crippen LogP contribution < -0.4 is 0 Å². The summed E-state index contributed by atoms with van der Waals surface area (Å²) in [5.74, 6) is 0. The van der Waals surface area contributed by atoms with E-state index >= 15 is 0 Å². The molecule has 0 unspecified atom stereocenters. The van der Waals surface area contributed by atoms with Gasteiger partial charge in [-0.3, -0.25) is 0 Å². The van der Waals surface area contributed by atoms with Gasteiger partial charge < -0.3 is 0 Å². The molecule has 2 rings (SSSR count). The molecule has 1 aliphatic carbocycles. The SMILES string of the molecule is Cc1cc(SC2CCCC2)ncn1. The lowest BCUT2D eigenvalue weighted by atomic mass is 10.4. The Morgan fingerprint density at radius 1 is 1.31 bits per heavy atom. The van der Waals surface area contributed by atoms with Gasteiger partial charge >= 0.3 is 0 Å². The van der Waals surface area contributed by atoms with Crippen molar-refractivity contribution >= 4 is 11.8 Å². The van der Waals surface area contributed by atoms with Crippen LogP contribution in [0.25, 0.3) is 0 Å². The van der Waals surface area contributed by atoms with Crippen LogP contribution >= 0.6 is 11.8 Å². The molecule has 1 heterocycles. The molecule has 1 aliphatic rings. The van der Waals surface area contributed by atoms with Gasteiger partial charge in [0, 0.05) is 10.9 Å². The van der Waals surface area contributed by atoms with E-state index in [1.165, 1.54) is 25.7 Å². The molecule has 1 fully saturated rings. The van der Waals surface area contributed by atoms with Crippen LogP contribution in [0, 0.1) is 6.92 Å². The Balaban J connectivity index is 2.00. The molecule has 0 aromatic carbocycles. The number of thioether (sulfide) groups is 1. The van der Waals surface area contributed by atoms with Crippen molar-refractivity contribution in [3.05, 3.63) is 18.1 Å². The van der Waals surface area contributed by atoms with E-state index in [9.17, 15) is 0 Å². The number of rotatable bonds is 2. The second kappa shape index (κ2) is 4.09. The third-order valence-corrected chi connectivity index (χ3v) is 3.64. The zero-order valence-electron chi connectivity index (χ0n) is 7.86. The van der Waals surface area contributed by atoms with Gasteiger partial charge in [0.2, 0.25) is 0 Å². The summed E-state index contributed by atoms with van der Waals surface area (Å²) in [5, 5.41) is 1.94. The minimum Gasteiger partial charge on any atom is -0.242 e. The first-order valence-corrected chi connectivity index (χ1v) is 5.68. The van der Waals surface area contributed by atoms with Crippen LogP contribution in [0.3, 0.4) is 0 Å². The number of hydrogen-bond donors (Lipinski definition) is 0. The Labute approximate surface area is 83.2 Å². The quantitative estimate of drug-likeness (QED) is 0.677. The predicted octanol–water partition coefficient (Wildman–Crippen LogP) is 2.82. The highest BCUT2D eigenvalue weighted by molar-refractivity contribution is 7.99. The second-order valence-electron chi connectivity index (χ2n) is 3.52. The molecule has 0 N–H and O–H groups in total. The van der Waals surface area contributed by atoms with Crippen LogP contribution in [0.4, 0.5) is 0 Å². The van der Waals surface area contributed by atoms with Gasteiger partial charge in [0.05, 0.1) is 5.03 Å². The number of aromatic nitrogens is 2. The Morgan fingerprint density at radius 2 is 2.08 bits per heavy atom. The third-order valence-electron chi connectivity index (χ3n) is 2.37. The summed E-state index contributed by atoms with van der Waals surface area (Å²) >= 11 is 1.91. The first-order chi connectivity index (χ1) is 6.34. The Hall–Kier alpha value is -0.570. The van der Waals surface area contributed by atoms with E-state index in [4.69, 9.17) is 0 Å². The van der Waals surface area contributed by atoms with Crippen LogP contribution in [0.1, 0.15) is 31.4 Å². The maximum atomic E-state index is 4.25. The normalized spacial score (nSPS) is 17.9. The van der Waals surface area contributed by atoms with E-state index in [1.807, 2.05) is 18.7 Å². The molecule has 0 saturated heterocycles. The highest BCUT2D eigenvalue weighted by atomic mass is 32.2. The molecule has 0 aliphatic heterocycles. The van der Waals surface area contributed by atoms with E-state index in [0.717, 1.165) is 16.0 Å². The highest BCUT2D eigenvalue weighted by Crippen LogP contribution is 2.33. The van der Waals surface area contributed by atoms with Gasteiger partial charge in [-0.15, -0.1) is 11.8 Å². The van der Waals surface area contributed by atoms with Crippen molar-refractivity contribution in [2.24, 2.45) is 0 Å². The minimum absolute atomic E-state index is 0.800. The predicted molar refractivity (Wildman–Crippen MR) is 54.9 cm³/mol. The Bertz CT molecular complexity index is 282. The van der Waals surface area contributed by atoms with Crippen molar-refractivity contribution in [1.29, 1.82) is 0 Å². The standard InChI is InChI=1S/C10H14N2S/c1-8-6-10(12-7-11-8)13-9-4-2-3-5-9/h6-7,9H,2-5H2,1H3. The zero-order chi connectivity index (χ0) is 9.10. The van der Waals surface area contributed by atoms with E-state index in [-0.39, 0.29) is 0 Å². The van der Waals surface area contributed by atoms with Crippen LogP contribution in [0.2, 0.25) is 0 Å². The second-order valence-corrected chi connectivity index (χ2v) is 4.84. The van der Waals surface area contributed by atoms with Crippen LogP contribution in [-0.4, -0.2) is 15.2 Å². The summed E-state index contributed by atoms with van der Waals surface area (Å²) in [6.45, 7) is 2.01. The topological polar surface area (TPSA) is 25.8 Å². The van der Waals surface area contributed by atoms with Crippen molar-refractivity contribution in [3.8, 4) is 0 Å². The fourth-order valence-corrected chi connectivity index (χ4v) is 2.93. The molecule has 1 saturated carbocycles. The molecular formula is C10H14N2S. The molecule has 3 heteroatoms. The average Bonchev–Trinajstić information content (AvgIpc) is 2.57. The van der Waals surface area contributed by atoms with Crippen molar-refractivity contribution in [2.75, 3.05) is 0 Å². The van der Waals surface area contributed by atoms with Crippen LogP contribution in [-0.2, 0) is 0 Å². The number of nitrogens with zero attached hydrogens (tertiary/aromatic N) is 2. The van der Waals surface area contributed by atoms with Crippen molar-refractivity contribution in [1.82, 2.24) is 9.97 Å². The summed E-state index contributed by atoms with van der Waals surface area (Å²) in [7, 11) is 0. The van der Waals surface area contributed by atoms with Crippen molar-refractivity contribution in [2.45, 2.75) is 42.9 Å². The first kappa shape index (κ1) is 9.00. The van der Waals surface area contributed by atoms with Crippen LogP contribution in [0.5, 0.6) is 0 Å². The monoisotopic (exact) mass is 194 g/mol. The molecule has 0 bridgehead atoms. The largest absolute Gasteiger partial charge is 0.242 e. The number of hydrogen-bond acceptors (Lipinski definition) is 3. The summed E-state index contributed by atoms with van der Waals surface area (Å²) < 4.78 is 0. The van der Waals surface area contributed by atoms with Crippen LogP contribution in [0.15, 0.2) is 17.4 Å². The average molecular weight is 194 g/mol. The zero-order valence-corrected chi connectivity index (χ0v) is 8.68. The van der Waals surface area contributed by atoms with Gasteiger partial charge in [-0.2, -0.15) is 0 Å². The highest BCUT2D eigenvalue weighted by Gasteiger charge is 2.16. The first-order valence-electron chi connectivity index (χ1n) is 4.80. The van der Waals surface area contributed by atoms with Gasteiger partial charge in [-0.1, -0.05) is 12.8 Å². The fraction of sp³-hybridized carbons (Fsp3) is 0.600. The molecule has 13 heavy (non-hydrogen) atoms. The lowest BCUT2D eigenvalue weighted by Gasteiger charge is -2.06. The van der Waals surface area contributed by atoms with Gasteiger partial charge in [0.1, 0.15) is 6.33 Å². The van der Waals surface area contributed by atoms with E-state index in [2.05, 4.69) is 16.0 Å². The maximum absolute atomic E-state index is 4.25. The molecule has 0 spiro atoms. The summed E-state index contributed by atoms with van der Waals surface area (Å²) in [6.07, 6.45) is 7.15. The lowest BCUT2D eigenvalue weighted by Crippen LogP contribution is -1.95. The number of aryl methyl sites for hydroxylation is 1. The minimum atomic E-state index is 0.800. The molecule has 1 aromatic heterocycles. The van der Waals surface area contributed by atoms with Gasteiger partial charge in [0.15, 0.2) is 0 Å². The Kier molecular flexibility index (Phi) is 2.83. The molecule has 70 valence electrons. The smallest absolute Gasteiger partial charge is 0.116 e. The van der Waals surface area contributed by atoms with Gasteiger partial charge in [0.25, 0.3) is 0 Å². The van der Waals surface area contributed by atoms with Crippen molar-refractivity contribution < 1.29 is 0 Å². The van der Waals surface area contributed by atoms with E-state index in [0.29, 0.717) is 0 Å². The molecule has 0 radical (unpaired) electrons. The third kappa shape index (κ3) is 2.44. The Morgan fingerprint density at radius 3 is 2.77 bits per heavy atom. The van der Waals surface area contributed by atoms with Gasteiger partial charge in [-0.25, -0.2) is 9.97 Å². The van der Waals surface area contributed by atoms with E-state index in [1.54, 1.807) is 6.33 Å². The van der Waals surface area contributed by atoms with Crippen molar-refractivity contribution in [3.63, 3.8) is 0 Å². The van der Waals surface area contributed by atoms with E-state index < -0.39 is 0 Å². The summed E-state index contributed by atoms with van der Waals surface area (Å²) in [6, 6.07) is 2.07. The molecular weight excluding hydrogens is 180 g/mol. The molecule has 1 aromatic rings. The lowest BCUT2D eigenvalue weighted by molar-refractivity contribution is 0.886. The van der Waals surface area contributed by atoms with Gasteiger partial charge in [-0.05, 0) is 25.8 Å².